The number of nitrogens with zero attached hydrogens (tertiary/aromatic N) is 3. The molecule has 0 bridgehead atoms. The maximum absolute atomic E-state index is 6.34. The molecule has 150 valence electrons. The van der Waals surface area contributed by atoms with Gasteiger partial charge in [0, 0.05) is 48.2 Å². The summed E-state index contributed by atoms with van der Waals surface area (Å²) in [7, 11) is 1.97. The molecular formula is C24H28N4O. The molecule has 5 heteroatoms. The first-order valence-electron chi connectivity index (χ1n) is 10.4. The van der Waals surface area contributed by atoms with Crippen LogP contribution < -0.4 is 15.6 Å². The third kappa shape index (κ3) is 3.83. The van der Waals surface area contributed by atoms with E-state index in [0.29, 0.717) is 0 Å². The average Bonchev–Trinajstić information content (AvgIpc) is 2.76. The number of anilines is 1. The Morgan fingerprint density at radius 3 is 2.59 bits per heavy atom. The maximum Gasteiger partial charge on any atom is 0.155 e. The summed E-state index contributed by atoms with van der Waals surface area (Å²) in [5.41, 5.74) is 3.72. The van der Waals surface area contributed by atoms with Gasteiger partial charge in [-0.25, -0.2) is 4.98 Å². The molecule has 0 radical (unpaired) electrons. The van der Waals surface area contributed by atoms with Crippen molar-refractivity contribution >= 4 is 27.6 Å². The van der Waals surface area contributed by atoms with Crippen molar-refractivity contribution in [2.75, 3.05) is 38.1 Å². The second-order valence-electron chi connectivity index (χ2n) is 7.17. The Morgan fingerprint density at radius 1 is 1.03 bits per heavy atom. The van der Waals surface area contributed by atoms with Crippen LogP contribution in [0.15, 0.2) is 57.9 Å². The third-order valence-electron chi connectivity index (χ3n) is 5.35. The minimum absolute atomic E-state index is 0.778. The van der Waals surface area contributed by atoms with E-state index in [1.54, 1.807) is 0 Å². The van der Waals surface area contributed by atoms with Gasteiger partial charge in [-0.3, -0.25) is 4.99 Å². The Balaban J connectivity index is 1.91. The smallest absolute Gasteiger partial charge is 0.155 e. The van der Waals surface area contributed by atoms with E-state index < -0.39 is 0 Å². The van der Waals surface area contributed by atoms with Gasteiger partial charge in [-0.05, 0) is 46.0 Å². The summed E-state index contributed by atoms with van der Waals surface area (Å²) in [5, 5.41) is 6.34. The number of hydrogen-bond donors (Lipinski definition) is 1. The molecule has 4 rings (SSSR count). The summed E-state index contributed by atoms with van der Waals surface area (Å²) >= 11 is 0. The van der Waals surface area contributed by atoms with Gasteiger partial charge in [0.25, 0.3) is 0 Å². The second-order valence-corrected chi connectivity index (χ2v) is 7.17. The molecule has 29 heavy (non-hydrogen) atoms. The summed E-state index contributed by atoms with van der Waals surface area (Å²) in [6.45, 7) is 7.99. The van der Waals surface area contributed by atoms with E-state index in [4.69, 9.17) is 14.4 Å². The lowest BCUT2D eigenvalue weighted by atomic mass is 10.0. The highest BCUT2D eigenvalue weighted by molar-refractivity contribution is 5.96. The van der Waals surface area contributed by atoms with Gasteiger partial charge in [0.05, 0.1) is 5.36 Å². The van der Waals surface area contributed by atoms with Crippen molar-refractivity contribution in [2.45, 2.75) is 20.3 Å². The van der Waals surface area contributed by atoms with E-state index in [1.807, 2.05) is 19.2 Å². The normalized spacial score (nSPS) is 12.3. The Labute approximate surface area is 171 Å². The van der Waals surface area contributed by atoms with Gasteiger partial charge >= 0.3 is 0 Å². The lowest BCUT2D eigenvalue weighted by Crippen LogP contribution is -2.21. The predicted molar refractivity (Wildman–Crippen MR) is 121 cm³/mol. The molecule has 0 fully saturated rings. The minimum atomic E-state index is 0.778. The number of nitrogens with one attached hydrogen (secondary N) is 1. The van der Waals surface area contributed by atoms with Crippen LogP contribution >= 0.6 is 0 Å². The van der Waals surface area contributed by atoms with Crippen molar-refractivity contribution < 1.29 is 4.42 Å². The van der Waals surface area contributed by atoms with Gasteiger partial charge in [-0.1, -0.05) is 24.3 Å². The molecule has 1 heterocycles. The molecule has 1 aliphatic heterocycles. The molecule has 0 saturated heterocycles. The van der Waals surface area contributed by atoms with Crippen LogP contribution in [0.4, 0.5) is 5.69 Å². The lowest BCUT2D eigenvalue weighted by molar-refractivity contribution is 0.613. The molecule has 0 aromatic heterocycles. The summed E-state index contributed by atoms with van der Waals surface area (Å²) in [5.74, 6) is 0.778. The van der Waals surface area contributed by atoms with Crippen LogP contribution in [0.2, 0.25) is 0 Å². The molecule has 1 N–H and O–H groups in total. The molecule has 2 aromatic rings. The molecule has 2 aliphatic rings. The van der Waals surface area contributed by atoms with Gasteiger partial charge in [0.2, 0.25) is 0 Å². The molecule has 5 nitrogen and oxygen atoms in total. The fourth-order valence-corrected chi connectivity index (χ4v) is 3.80. The van der Waals surface area contributed by atoms with Crippen LogP contribution in [0.5, 0.6) is 0 Å². The van der Waals surface area contributed by atoms with Crippen molar-refractivity contribution in [1.29, 1.82) is 0 Å². The molecule has 0 atom stereocenters. The lowest BCUT2D eigenvalue weighted by Gasteiger charge is -2.21. The fraction of sp³-hybridized carbons (Fsp3) is 0.333. The van der Waals surface area contributed by atoms with Gasteiger partial charge in [0.15, 0.2) is 11.3 Å². The quantitative estimate of drug-likeness (QED) is 0.289. The van der Waals surface area contributed by atoms with E-state index in [0.717, 1.165) is 77.0 Å². The van der Waals surface area contributed by atoms with Crippen molar-refractivity contribution in [3.05, 3.63) is 53.9 Å². The van der Waals surface area contributed by atoms with Crippen LogP contribution in [0.1, 0.15) is 20.3 Å². The van der Waals surface area contributed by atoms with Gasteiger partial charge in [-0.15, -0.1) is 0 Å². The van der Waals surface area contributed by atoms with Crippen LogP contribution in [0.25, 0.3) is 33.3 Å². The zero-order chi connectivity index (χ0) is 20.2. The number of hydrogen-bond acceptors (Lipinski definition) is 5. The van der Waals surface area contributed by atoms with Crippen LogP contribution in [-0.4, -0.2) is 38.2 Å². The SMILES string of the molecule is CCN(CC)c1ccc2nc3c4ccccc4c(=NCCCNC)cc-3oc2c1. The van der Waals surface area contributed by atoms with Gasteiger partial charge in [0.1, 0.15) is 11.2 Å². The van der Waals surface area contributed by atoms with Crippen LogP contribution in [0.3, 0.4) is 0 Å². The molecule has 2 aromatic carbocycles. The van der Waals surface area contributed by atoms with E-state index in [9.17, 15) is 0 Å². The first kappa shape index (κ1) is 19.4. The third-order valence-corrected chi connectivity index (χ3v) is 5.35. The van der Waals surface area contributed by atoms with Crippen molar-refractivity contribution in [2.24, 2.45) is 4.99 Å². The number of fused-ring (bicyclic) bond motifs is 4. The Bertz CT molecular complexity index is 1160. The van der Waals surface area contributed by atoms with Crippen molar-refractivity contribution in [1.82, 2.24) is 10.3 Å². The Morgan fingerprint density at radius 2 is 1.83 bits per heavy atom. The van der Waals surface area contributed by atoms with Crippen LogP contribution in [0, 0.1) is 0 Å². The summed E-state index contributed by atoms with van der Waals surface area (Å²) in [4.78, 5) is 12.1. The number of aromatic nitrogens is 1. The standard InChI is InChI=1S/C24H28N4O/c1-4-28(5-2)17-11-12-20-22(15-17)29-23-16-21(26-14-8-13-25-3)18-9-6-7-10-19(18)24(23)27-20/h6-7,9-12,15-16,25H,4-5,8,13-14H2,1-3H3. The highest BCUT2D eigenvalue weighted by atomic mass is 16.3. The first-order valence-corrected chi connectivity index (χ1v) is 10.4. The topological polar surface area (TPSA) is 53.7 Å². The molecule has 0 saturated carbocycles. The van der Waals surface area contributed by atoms with Crippen LogP contribution in [-0.2, 0) is 0 Å². The molecule has 0 unspecified atom stereocenters. The minimum Gasteiger partial charge on any atom is -0.453 e. The predicted octanol–water partition coefficient (Wildman–Crippen LogP) is 4.44. The fourth-order valence-electron chi connectivity index (χ4n) is 3.80. The van der Waals surface area contributed by atoms with E-state index in [2.05, 4.69) is 60.5 Å². The highest BCUT2D eigenvalue weighted by Gasteiger charge is 2.15. The zero-order valence-corrected chi connectivity index (χ0v) is 17.4. The van der Waals surface area contributed by atoms with Crippen molar-refractivity contribution in [3.8, 4) is 11.5 Å². The summed E-state index contributed by atoms with van der Waals surface area (Å²) < 4.78 is 6.34. The Hall–Kier alpha value is -2.92. The largest absolute Gasteiger partial charge is 0.453 e. The van der Waals surface area contributed by atoms with Crippen molar-refractivity contribution in [3.63, 3.8) is 0 Å². The Kier molecular flexibility index (Phi) is 5.76. The summed E-state index contributed by atoms with van der Waals surface area (Å²) in [6.07, 6.45) is 1.00. The number of benzene rings is 3. The van der Waals surface area contributed by atoms with Gasteiger partial charge in [-0.2, -0.15) is 0 Å². The van der Waals surface area contributed by atoms with E-state index in [-0.39, 0.29) is 0 Å². The highest BCUT2D eigenvalue weighted by Crippen LogP contribution is 2.31. The second kappa shape index (κ2) is 8.62. The summed E-state index contributed by atoms with van der Waals surface area (Å²) in [6, 6.07) is 16.6. The zero-order valence-electron chi connectivity index (χ0n) is 17.4. The van der Waals surface area contributed by atoms with E-state index >= 15 is 0 Å². The van der Waals surface area contributed by atoms with E-state index in [1.165, 1.54) is 0 Å². The maximum atomic E-state index is 6.34. The molecule has 0 amide bonds. The molecule has 1 aliphatic carbocycles. The first-order chi connectivity index (χ1) is 14.2. The molecular weight excluding hydrogens is 360 g/mol. The average molecular weight is 389 g/mol. The number of rotatable bonds is 7. The molecule has 0 spiro atoms. The monoisotopic (exact) mass is 388 g/mol. The van der Waals surface area contributed by atoms with Gasteiger partial charge < -0.3 is 14.6 Å².